The number of aromatic nitrogens is 7. The van der Waals surface area contributed by atoms with E-state index in [9.17, 15) is 9.18 Å². The maximum Gasteiger partial charge on any atom is 0.268 e. The Balaban J connectivity index is 1.61. The number of benzene rings is 2. The number of anilines is 1. The minimum Gasteiger partial charge on any atom is -0.497 e. The van der Waals surface area contributed by atoms with Crippen LogP contribution < -0.4 is 16.0 Å². The largest absolute Gasteiger partial charge is 0.497 e. The summed E-state index contributed by atoms with van der Waals surface area (Å²) in [6.45, 7) is 3.81. The van der Waals surface area contributed by atoms with Crippen LogP contribution in [0.5, 0.6) is 5.75 Å². The molecule has 190 valence electrons. The third kappa shape index (κ3) is 3.77. The lowest BCUT2D eigenvalue weighted by molar-refractivity contribution is 0.411. The zero-order valence-corrected chi connectivity index (χ0v) is 21.5. The van der Waals surface area contributed by atoms with Gasteiger partial charge in [0.15, 0.2) is 10.5 Å². The van der Waals surface area contributed by atoms with E-state index in [-0.39, 0.29) is 17.9 Å². The second-order valence-electron chi connectivity index (χ2n) is 8.75. The number of aryl methyl sites for hydroxylation is 2. The first-order valence-corrected chi connectivity index (χ1v) is 12.4. The Morgan fingerprint density at radius 1 is 1.11 bits per heavy atom. The maximum absolute atomic E-state index is 14.4. The standard InChI is InChI=1S/C26H21FN8O2S/c1-13-6-4-5-7-18(13)35-19(31-25-20(26(35)36)14(2)33-38-25)11-34-24-21(23(28)29-12-30-24)22(32-34)15-8-16(27)10-17(9-15)37-3/h4-10,12H,11H2,1-3H3,(H2,28,29,30). The van der Waals surface area contributed by atoms with Crippen LogP contribution in [0.2, 0.25) is 0 Å². The lowest BCUT2D eigenvalue weighted by atomic mass is 10.1. The second-order valence-corrected chi connectivity index (χ2v) is 9.50. The number of methoxy groups -OCH3 is 1. The fraction of sp³-hybridized carbons (Fsp3) is 0.154. The number of hydrogen-bond donors (Lipinski definition) is 1. The molecule has 0 aliphatic carbocycles. The molecule has 0 spiro atoms. The molecule has 10 nitrogen and oxygen atoms in total. The molecule has 0 radical (unpaired) electrons. The summed E-state index contributed by atoms with van der Waals surface area (Å²) < 4.78 is 27.2. The molecule has 0 unspecified atom stereocenters. The van der Waals surface area contributed by atoms with Crippen molar-refractivity contribution in [3.05, 3.63) is 82.0 Å². The van der Waals surface area contributed by atoms with E-state index < -0.39 is 5.82 Å². The van der Waals surface area contributed by atoms with E-state index in [2.05, 4.69) is 14.3 Å². The summed E-state index contributed by atoms with van der Waals surface area (Å²) in [6.07, 6.45) is 1.34. The monoisotopic (exact) mass is 528 g/mol. The van der Waals surface area contributed by atoms with Crippen LogP contribution >= 0.6 is 11.5 Å². The molecule has 0 saturated carbocycles. The molecule has 0 atom stereocenters. The summed E-state index contributed by atoms with van der Waals surface area (Å²) in [7, 11) is 1.46. The second kappa shape index (κ2) is 8.99. The molecular formula is C26H21FN8O2S. The van der Waals surface area contributed by atoms with Crippen LogP contribution in [0.3, 0.4) is 0 Å². The number of nitrogen functional groups attached to an aromatic ring is 1. The van der Waals surface area contributed by atoms with Crippen molar-refractivity contribution in [3.63, 3.8) is 0 Å². The quantitative estimate of drug-likeness (QED) is 0.355. The lowest BCUT2D eigenvalue weighted by Crippen LogP contribution is -2.26. The minimum absolute atomic E-state index is 0.0792. The molecule has 0 saturated heterocycles. The van der Waals surface area contributed by atoms with Gasteiger partial charge in [-0.1, -0.05) is 18.2 Å². The van der Waals surface area contributed by atoms with Gasteiger partial charge >= 0.3 is 0 Å². The summed E-state index contributed by atoms with van der Waals surface area (Å²) in [5.41, 5.74) is 9.52. The zero-order valence-electron chi connectivity index (χ0n) is 20.6. The molecule has 6 rings (SSSR count). The normalized spacial score (nSPS) is 11.5. The maximum atomic E-state index is 14.4. The van der Waals surface area contributed by atoms with Crippen molar-refractivity contribution in [2.45, 2.75) is 20.4 Å². The summed E-state index contributed by atoms with van der Waals surface area (Å²) >= 11 is 1.17. The first kappa shape index (κ1) is 23.7. The highest BCUT2D eigenvalue weighted by Crippen LogP contribution is 2.33. The summed E-state index contributed by atoms with van der Waals surface area (Å²) in [5, 5.41) is 5.68. The SMILES string of the molecule is COc1cc(F)cc(-c2nn(Cc3nc4snc(C)c4c(=O)n3-c3ccccc3C)c3ncnc(N)c23)c1. The van der Waals surface area contributed by atoms with Gasteiger partial charge in [0.1, 0.15) is 47.2 Å². The van der Waals surface area contributed by atoms with Gasteiger partial charge in [-0.15, -0.1) is 0 Å². The molecule has 12 heteroatoms. The van der Waals surface area contributed by atoms with Crippen LogP contribution in [-0.2, 0) is 6.54 Å². The lowest BCUT2D eigenvalue weighted by Gasteiger charge is -2.15. The van der Waals surface area contributed by atoms with Gasteiger partial charge in [0.25, 0.3) is 5.56 Å². The van der Waals surface area contributed by atoms with E-state index >= 15 is 0 Å². The summed E-state index contributed by atoms with van der Waals surface area (Å²) in [4.78, 5) is 27.7. The average molecular weight is 529 g/mol. The van der Waals surface area contributed by atoms with E-state index in [0.29, 0.717) is 55.5 Å². The number of para-hydroxylation sites is 1. The molecule has 6 aromatic rings. The molecule has 0 fully saturated rings. The Kier molecular flexibility index (Phi) is 5.60. The van der Waals surface area contributed by atoms with Crippen LogP contribution in [0.4, 0.5) is 10.2 Å². The Hall–Kier alpha value is -4.71. The molecule has 2 aromatic carbocycles. The van der Waals surface area contributed by atoms with Gasteiger partial charge in [-0.05, 0) is 49.1 Å². The first-order valence-electron chi connectivity index (χ1n) is 11.6. The Morgan fingerprint density at radius 2 is 1.92 bits per heavy atom. The van der Waals surface area contributed by atoms with Gasteiger partial charge in [0.05, 0.1) is 23.9 Å². The number of ether oxygens (including phenoxy) is 1. The summed E-state index contributed by atoms with van der Waals surface area (Å²) in [5.74, 6) is 0.473. The fourth-order valence-corrected chi connectivity index (χ4v) is 5.33. The number of nitrogens with zero attached hydrogens (tertiary/aromatic N) is 7. The fourth-order valence-electron chi connectivity index (χ4n) is 4.54. The first-order chi connectivity index (χ1) is 18.4. The van der Waals surface area contributed by atoms with Crippen molar-refractivity contribution in [2.75, 3.05) is 12.8 Å². The van der Waals surface area contributed by atoms with Gasteiger partial charge in [-0.2, -0.15) is 9.47 Å². The Bertz CT molecular complexity index is 1930. The van der Waals surface area contributed by atoms with Crippen molar-refractivity contribution in [2.24, 2.45) is 0 Å². The van der Waals surface area contributed by atoms with E-state index in [1.165, 1.54) is 37.1 Å². The average Bonchev–Trinajstić information content (AvgIpc) is 3.46. The predicted octanol–water partition coefficient (Wildman–Crippen LogP) is 4.04. The van der Waals surface area contributed by atoms with Crippen molar-refractivity contribution in [1.82, 2.24) is 33.7 Å². The molecule has 0 amide bonds. The summed E-state index contributed by atoms with van der Waals surface area (Å²) in [6, 6.07) is 11.9. The van der Waals surface area contributed by atoms with Crippen LogP contribution in [0, 0.1) is 19.7 Å². The van der Waals surface area contributed by atoms with Crippen LogP contribution in [0.1, 0.15) is 17.1 Å². The number of nitrogens with two attached hydrogens (primary N) is 1. The van der Waals surface area contributed by atoms with E-state index in [4.69, 9.17) is 20.6 Å². The molecule has 4 heterocycles. The number of rotatable bonds is 5. The van der Waals surface area contributed by atoms with Gasteiger partial charge in [0.2, 0.25) is 0 Å². The highest BCUT2D eigenvalue weighted by molar-refractivity contribution is 7.12. The number of hydrogen-bond acceptors (Lipinski definition) is 9. The van der Waals surface area contributed by atoms with Gasteiger partial charge in [0, 0.05) is 11.6 Å². The van der Waals surface area contributed by atoms with Gasteiger partial charge in [-0.25, -0.2) is 24.0 Å². The van der Waals surface area contributed by atoms with Crippen molar-refractivity contribution in [3.8, 4) is 22.7 Å². The number of halogens is 1. The Morgan fingerprint density at radius 3 is 2.71 bits per heavy atom. The molecular weight excluding hydrogens is 507 g/mol. The predicted molar refractivity (Wildman–Crippen MR) is 143 cm³/mol. The molecule has 38 heavy (non-hydrogen) atoms. The molecule has 0 aliphatic rings. The highest BCUT2D eigenvalue weighted by atomic mass is 32.1. The molecule has 0 bridgehead atoms. The third-order valence-corrected chi connectivity index (χ3v) is 7.17. The zero-order chi connectivity index (χ0) is 26.6. The van der Waals surface area contributed by atoms with E-state index in [1.807, 2.05) is 31.2 Å². The van der Waals surface area contributed by atoms with Gasteiger partial charge < -0.3 is 10.5 Å². The van der Waals surface area contributed by atoms with Crippen LogP contribution in [0.25, 0.3) is 38.2 Å². The van der Waals surface area contributed by atoms with Crippen molar-refractivity contribution in [1.29, 1.82) is 0 Å². The van der Waals surface area contributed by atoms with E-state index in [1.54, 1.807) is 22.2 Å². The smallest absolute Gasteiger partial charge is 0.268 e. The van der Waals surface area contributed by atoms with Gasteiger partial charge in [-0.3, -0.25) is 9.36 Å². The molecule has 2 N–H and O–H groups in total. The number of fused-ring (bicyclic) bond motifs is 2. The van der Waals surface area contributed by atoms with Crippen molar-refractivity contribution >= 4 is 38.6 Å². The topological polar surface area (TPSA) is 127 Å². The minimum atomic E-state index is -0.487. The van der Waals surface area contributed by atoms with Crippen LogP contribution in [0.15, 0.2) is 53.6 Å². The Labute approximate surface area is 219 Å². The van der Waals surface area contributed by atoms with Crippen LogP contribution in [-0.4, -0.2) is 40.8 Å². The van der Waals surface area contributed by atoms with E-state index in [0.717, 1.165) is 5.56 Å². The highest BCUT2D eigenvalue weighted by Gasteiger charge is 2.22. The van der Waals surface area contributed by atoms with Crippen molar-refractivity contribution < 1.29 is 9.13 Å². The molecule has 0 aliphatic heterocycles. The molecule has 4 aromatic heterocycles. The third-order valence-electron chi connectivity index (χ3n) is 6.34.